The van der Waals surface area contributed by atoms with E-state index in [0.29, 0.717) is 31.3 Å². The molecule has 1 fully saturated rings. The van der Waals surface area contributed by atoms with E-state index in [0.717, 1.165) is 29.7 Å². The van der Waals surface area contributed by atoms with Crippen LogP contribution in [0.5, 0.6) is 5.75 Å². The number of urea groups is 1. The van der Waals surface area contributed by atoms with E-state index in [9.17, 15) is 9.59 Å². The van der Waals surface area contributed by atoms with Gasteiger partial charge in [-0.1, -0.05) is 24.3 Å². The van der Waals surface area contributed by atoms with Crippen molar-refractivity contribution in [3.05, 3.63) is 59.7 Å². The lowest BCUT2D eigenvalue weighted by atomic mass is 9.97. The summed E-state index contributed by atoms with van der Waals surface area (Å²) in [5, 5.41) is 5.82. The van der Waals surface area contributed by atoms with Crippen LogP contribution in [0, 0.1) is 19.8 Å². The van der Waals surface area contributed by atoms with E-state index in [1.165, 1.54) is 0 Å². The number of ether oxygens (including phenoxy) is 1. The van der Waals surface area contributed by atoms with Gasteiger partial charge in [0.05, 0.1) is 0 Å². The Morgan fingerprint density at radius 3 is 2.32 bits per heavy atom. The number of carbonyl (C=O) groups is 2. The first-order valence-corrected chi connectivity index (χ1v) is 9.64. The van der Waals surface area contributed by atoms with Crippen molar-refractivity contribution < 1.29 is 14.3 Å². The molecule has 0 spiro atoms. The number of nitrogens with one attached hydrogen (secondary N) is 2. The van der Waals surface area contributed by atoms with Crippen molar-refractivity contribution in [3.8, 4) is 5.75 Å². The Bertz CT molecular complexity index is 795. The zero-order valence-corrected chi connectivity index (χ0v) is 16.4. The standard InChI is InChI=1S/C22H27N3O3/c1-16-12-17(2)14-19(13-16)24-21(26)23-15-18-8-10-25(11-9-18)22(27)28-20-6-4-3-5-7-20/h3-7,12-14,18H,8-11,15H2,1-2H3,(H2,23,24,26). The van der Waals surface area contributed by atoms with Gasteiger partial charge in [0.2, 0.25) is 0 Å². The summed E-state index contributed by atoms with van der Waals surface area (Å²) in [5.74, 6) is 0.908. The Balaban J connectivity index is 1.39. The zero-order chi connectivity index (χ0) is 19.9. The van der Waals surface area contributed by atoms with Crippen LogP contribution < -0.4 is 15.4 Å². The van der Waals surface area contributed by atoms with Crippen LogP contribution >= 0.6 is 0 Å². The highest BCUT2D eigenvalue weighted by Gasteiger charge is 2.24. The molecular weight excluding hydrogens is 354 g/mol. The molecule has 6 nitrogen and oxygen atoms in total. The van der Waals surface area contributed by atoms with Crippen molar-refractivity contribution in [3.63, 3.8) is 0 Å². The molecule has 1 aliphatic rings. The van der Waals surface area contributed by atoms with Gasteiger partial charge in [0.15, 0.2) is 0 Å². The number of aryl methyl sites for hydroxylation is 2. The summed E-state index contributed by atoms with van der Waals surface area (Å²) in [4.78, 5) is 26.1. The predicted molar refractivity (Wildman–Crippen MR) is 110 cm³/mol. The predicted octanol–water partition coefficient (Wildman–Crippen LogP) is 4.34. The van der Waals surface area contributed by atoms with E-state index in [4.69, 9.17) is 4.74 Å². The van der Waals surface area contributed by atoms with Crippen molar-refractivity contribution in [1.82, 2.24) is 10.2 Å². The average Bonchev–Trinajstić information content (AvgIpc) is 2.67. The smallest absolute Gasteiger partial charge is 0.410 e. The summed E-state index contributed by atoms with van der Waals surface area (Å²) in [6.45, 7) is 5.88. The molecule has 0 saturated carbocycles. The third-order valence-corrected chi connectivity index (χ3v) is 4.85. The van der Waals surface area contributed by atoms with Crippen molar-refractivity contribution in [2.24, 2.45) is 5.92 Å². The molecule has 0 aromatic heterocycles. The first-order chi connectivity index (χ1) is 13.5. The molecule has 2 N–H and O–H groups in total. The molecule has 28 heavy (non-hydrogen) atoms. The Morgan fingerprint density at radius 1 is 1.04 bits per heavy atom. The highest BCUT2D eigenvalue weighted by Crippen LogP contribution is 2.19. The minimum absolute atomic E-state index is 0.198. The first-order valence-electron chi connectivity index (χ1n) is 9.64. The topological polar surface area (TPSA) is 70.7 Å². The van der Waals surface area contributed by atoms with Gasteiger partial charge in [0.25, 0.3) is 0 Å². The number of anilines is 1. The van der Waals surface area contributed by atoms with Crippen molar-refractivity contribution in [2.75, 3.05) is 25.0 Å². The summed E-state index contributed by atoms with van der Waals surface area (Å²) in [5.41, 5.74) is 3.03. The van der Waals surface area contributed by atoms with Crippen LogP contribution in [0.1, 0.15) is 24.0 Å². The van der Waals surface area contributed by atoms with Crippen LogP contribution in [0.4, 0.5) is 15.3 Å². The van der Waals surface area contributed by atoms with Gasteiger partial charge in [-0.3, -0.25) is 0 Å². The number of amides is 3. The molecule has 0 unspecified atom stereocenters. The van der Waals surface area contributed by atoms with E-state index in [2.05, 4.69) is 16.7 Å². The average molecular weight is 381 g/mol. The number of para-hydroxylation sites is 1. The van der Waals surface area contributed by atoms with Crippen LogP contribution in [-0.4, -0.2) is 36.7 Å². The molecule has 1 aliphatic heterocycles. The third-order valence-electron chi connectivity index (χ3n) is 4.85. The van der Waals surface area contributed by atoms with E-state index < -0.39 is 0 Å². The summed E-state index contributed by atoms with van der Waals surface area (Å²) >= 11 is 0. The second-order valence-corrected chi connectivity index (χ2v) is 7.32. The quantitative estimate of drug-likeness (QED) is 0.828. The highest BCUT2D eigenvalue weighted by atomic mass is 16.6. The number of benzene rings is 2. The fourth-order valence-electron chi connectivity index (χ4n) is 3.43. The maximum atomic E-state index is 12.2. The minimum atomic E-state index is -0.315. The number of rotatable bonds is 4. The maximum Gasteiger partial charge on any atom is 0.415 e. The molecule has 3 rings (SSSR count). The summed E-state index contributed by atoms with van der Waals surface area (Å²) in [6, 6.07) is 14.9. The molecule has 2 aromatic rings. The number of hydrogen-bond donors (Lipinski definition) is 2. The molecule has 0 aliphatic carbocycles. The Kier molecular flexibility index (Phi) is 6.53. The van der Waals surface area contributed by atoms with Gasteiger partial charge in [0, 0.05) is 25.3 Å². The number of likely N-dealkylation sites (tertiary alicyclic amines) is 1. The lowest BCUT2D eigenvalue weighted by molar-refractivity contribution is 0.130. The van der Waals surface area contributed by atoms with Gasteiger partial charge in [0.1, 0.15) is 5.75 Å². The number of piperidine rings is 1. The minimum Gasteiger partial charge on any atom is -0.410 e. The lowest BCUT2D eigenvalue weighted by Crippen LogP contribution is -2.43. The fourth-order valence-corrected chi connectivity index (χ4v) is 3.43. The molecule has 2 aromatic carbocycles. The van der Waals surface area contributed by atoms with E-state index in [1.807, 2.05) is 44.2 Å². The molecule has 0 atom stereocenters. The SMILES string of the molecule is Cc1cc(C)cc(NC(=O)NCC2CCN(C(=O)Oc3ccccc3)CC2)c1. The second kappa shape index (κ2) is 9.26. The summed E-state index contributed by atoms with van der Waals surface area (Å²) in [7, 11) is 0. The normalized spacial score (nSPS) is 14.4. The van der Waals surface area contributed by atoms with E-state index in [-0.39, 0.29) is 12.1 Å². The number of hydrogen-bond acceptors (Lipinski definition) is 3. The summed E-state index contributed by atoms with van der Waals surface area (Å²) in [6.07, 6.45) is 1.37. The second-order valence-electron chi connectivity index (χ2n) is 7.32. The number of carbonyl (C=O) groups excluding carboxylic acids is 2. The van der Waals surface area contributed by atoms with Crippen molar-refractivity contribution >= 4 is 17.8 Å². The number of nitrogens with zero attached hydrogens (tertiary/aromatic N) is 1. The third kappa shape index (κ3) is 5.74. The molecule has 1 heterocycles. The lowest BCUT2D eigenvalue weighted by Gasteiger charge is -2.31. The zero-order valence-electron chi connectivity index (χ0n) is 16.4. The van der Waals surface area contributed by atoms with Gasteiger partial charge in [-0.05, 0) is 68.0 Å². The molecule has 6 heteroatoms. The van der Waals surface area contributed by atoms with Crippen molar-refractivity contribution in [1.29, 1.82) is 0 Å². The van der Waals surface area contributed by atoms with Crippen LogP contribution in [-0.2, 0) is 0 Å². The van der Waals surface area contributed by atoms with Crippen LogP contribution in [0.25, 0.3) is 0 Å². The van der Waals surface area contributed by atoms with Gasteiger partial charge in [-0.25, -0.2) is 9.59 Å². The molecule has 1 saturated heterocycles. The van der Waals surface area contributed by atoms with Gasteiger partial charge < -0.3 is 20.3 Å². The molecular formula is C22H27N3O3. The Morgan fingerprint density at radius 2 is 1.68 bits per heavy atom. The van der Waals surface area contributed by atoms with Crippen LogP contribution in [0.2, 0.25) is 0 Å². The molecule has 148 valence electrons. The Hall–Kier alpha value is -3.02. The molecule has 3 amide bonds. The van der Waals surface area contributed by atoms with Crippen LogP contribution in [0.3, 0.4) is 0 Å². The van der Waals surface area contributed by atoms with Crippen molar-refractivity contribution in [2.45, 2.75) is 26.7 Å². The van der Waals surface area contributed by atoms with Gasteiger partial charge in [-0.2, -0.15) is 0 Å². The van der Waals surface area contributed by atoms with E-state index >= 15 is 0 Å². The monoisotopic (exact) mass is 381 g/mol. The first kappa shape index (κ1) is 19.7. The highest BCUT2D eigenvalue weighted by molar-refractivity contribution is 5.89. The van der Waals surface area contributed by atoms with Gasteiger partial charge >= 0.3 is 12.1 Å². The largest absolute Gasteiger partial charge is 0.415 e. The molecule has 0 bridgehead atoms. The summed E-state index contributed by atoms with van der Waals surface area (Å²) < 4.78 is 5.38. The molecule has 0 radical (unpaired) electrons. The fraction of sp³-hybridized carbons (Fsp3) is 0.364. The Labute approximate surface area is 165 Å². The van der Waals surface area contributed by atoms with Crippen LogP contribution in [0.15, 0.2) is 48.5 Å². The van der Waals surface area contributed by atoms with E-state index in [1.54, 1.807) is 17.0 Å². The maximum absolute atomic E-state index is 12.2. The van der Waals surface area contributed by atoms with Gasteiger partial charge in [-0.15, -0.1) is 0 Å².